The molecule has 0 saturated carbocycles. The highest BCUT2D eigenvalue weighted by atomic mass is 32.2. The van der Waals surface area contributed by atoms with Gasteiger partial charge in [-0.05, 0) is 36.3 Å². The number of carbonyl (C=O) groups excluding carboxylic acids is 1. The molecular formula is C15H22FNO2S. The van der Waals surface area contributed by atoms with Gasteiger partial charge in [0.25, 0.3) is 5.91 Å². The van der Waals surface area contributed by atoms with Crippen molar-refractivity contribution in [1.29, 1.82) is 0 Å². The summed E-state index contributed by atoms with van der Waals surface area (Å²) in [6.07, 6.45) is 2.43. The molecule has 1 aromatic carbocycles. The second kappa shape index (κ2) is 7.09. The third-order valence-corrected chi connectivity index (χ3v) is 3.58. The van der Waals surface area contributed by atoms with Gasteiger partial charge in [0.05, 0.1) is 12.6 Å². The van der Waals surface area contributed by atoms with E-state index >= 15 is 0 Å². The van der Waals surface area contributed by atoms with Gasteiger partial charge in [-0.2, -0.15) is 0 Å². The number of rotatable bonds is 5. The summed E-state index contributed by atoms with van der Waals surface area (Å²) in [6.45, 7) is 6.03. The summed E-state index contributed by atoms with van der Waals surface area (Å²) in [5.74, 6) is -0.619. The SMILES string of the molecule is CSc1cc(C(=O)NC(CO)CC(C)(C)C)ccc1F. The van der Waals surface area contributed by atoms with Crippen LogP contribution < -0.4 is 5.32 Å². The van der Waals surface area contributed by atoms with Crippen molar-refractivity contribution < 1.29 is 14.3 Å². The Balaban J connectivity index is 2.79. The van der Waals surface area contributed by atoms with Crippen LogP contribution in [-0.2, 0) is 0 Å². The lowest BCUT2D eigenvalue weighted by atomic mass is 9.88. The summed E-state index contributed by atoms with van der Waals surface area (Å²) in [6, 6.07) is 3.97. The van der Waals surface area contributed by atoms with Crippen LogP contribution in [0, 0.1) is 11.2 Å². The Morgan fingerprint density at radius 1 is 1.45 bits per heavy atom. The number of carbonyl (C=O) groups is 1. The number of hydrogen-bond acceptors (Lipinski definition) is 3. The first-order valence-electron chi connectivity index (χ1n) is 6.52. The van der Waals surface area contributed by atoms with Gasteiger partial charge in [0.1, 0.15) is 5.82 Å². The van der Waals surface area contributed by atoms with Crippen molar-refractivity contribution in [1.82, 2.24) is 5.32 Å². The van der Waals surface area contributed by atoms with Gasteiger partial charge in [-0.3, -0.25) is 4.79 Å². The predicted octanol–water partition coefficient (Wildman–Crippen LogP) is 3.07. The van der Waals surface area contributed by atoms with E-state index in [4.69, 9.17) is 0 Å². The number of nitrogens with one attached hydrogen (secondary N) is 1. The molecule has 0 bridgehead atoms. The molecule has 0 aliphatic carbocycles. The first kappa shape index (κ1) is 17.0. The number of thioether (sulfide) groups is 1. The lowest BCUT2D eigenvalue weighted by molar-refractivity contribution is 0.0897. The Labute approximate surface area is 124 Å². The monoisotopic (exact) mass is 299 g/mol. The molecule has 0 aliphatic rings. The van der Waals surface area contributed by atoms with Crippen LogP contribution in [0.3, 0.4) is 0 Å². The highest BCUT2D eigenvalue weighted by Gasteiger charge is 2.20. The summed E-state index contributed by atoms with van der Waals surface area (Å²) < 4.78 is 13.4. The molecule has 1 atom stereocenters. The van der Waals surface area contributed by atoms with Crippen LogP contribution in [-0.4, -0.2) is 29.9 Å². The molecule has 112 valence electrons. The molecule has 0 spiro atoms. The molecule has 0 fully saturated rings. The van der Waals surface area contributed by atoms with Crippen LogP contribution in [0.2, 0.25) is 0 Å². The molecule has 0 aromatic heterocycles. The van der Waals surface area contributed by atoms with Crippen LogP contribution in [0.25, 0.3) is 0 Å². The molecule has 1 unspecified atom stereocenters. The maximum Gasteiger partial charge on any atom is 0.251 e. The topological polar surface area (TPSA) is 49.3 Å². The molecule has 1 rings (SSSR count). The first-order valence-corrected chi connectivity index (χ1v) is 7.74. The van der Waals surface area contributed by atoms with Gasteiger partial charge in [0.15, 0.2) is 0 Å². The molecule has 0 saturated heterocycles. The fourth-order valence-electron chi connectivity index (χ4n) is 1.97. The minimum Gasteiger partial charge on any atom is -0.394 e. The van der Waals surface area contributed by atoms with Gasteiger partial charge < -0.3 is 10.4 Å². The number of aliphatic hydroxyl groups is 1. The highest BCUT2D eigenvalue weighted by molar-refractivity contribution is 7.98. The zero-order valence-corrected chi connectivity index (χ0v) is 13.2. The summed E-state index contributed by atoms with van der Waals surface area (Å²) >= 11 is 1.26. The summed E-state index contributed by atoms with van der Waals surface area (Å²) in [7, 11) is 0. The number of aliphatic hydroxyl groups excluding tert-OH is 1. The maximum absolute atomic E-state index is 13.4. The molecule has 2 N–H and O–H groups in total. The van der Waals surface area contributed by atoms with Gasteiger partial charge in [0, 0.05) is 10.5 Å². The Hall–Kier alpha value is -1.07. The average Bonchev–Trinajstić information content (AvgIpc) is 2.36. The maximum atomic E-state index is 13.4. The molecule has 0 heterocycles. The van der Waals surface area contributed by atoms with Crippen LogP contribution in [0.4, 0.5) is 4.39 Å². The highest BCUT2D eigenvalue weighted by Crippen LogP contribution is 2.22. The van der Waals surface area contributed by atoms with Crippen molar-refractivity contribution in [3.8, 4) is 0 Å². The number of halogens is 1. The third kappa shape index (κ3) is 5.13. The van der Waals surface area contributed by atoms with E-state index in [9.17, 15) is 14.3 Å². The van der Waals surface area contributed by atoms with E-state index in [2.05, 4.69) is 5.32 Å². The second-order valence-corrected chi connectivity index (χ2v) is 6.82. The molecule has 3 nitrogen and oxygen atoms in total. The normalized spacial score (nSPS) is 13.1. The Bertz CT molecular complexity index is 471. The lowest BCUT2D eigenvalue weighted by Gasteiger charge is -2.25. The fourth-order valence-corrected chi connectivity index (χ4v) is 2.48. The number of hydrogen-bond donors (Lipinski definition) is 2. The van der Waals surface area contributed by atoms with Crippen LogP contribution in [0.15, 0.2) is 23.1 Å². The van der Waals surface area contributed by atoms with Gasteiger partial charge in [-0.15, -0.1) is 11.8 Å². The van der Waals surface area contributed by atoms with E-state index in [0.29, 0.717) is 16.9 Å². The summed E-state index contributed by atoms with van der Waals surface area (Å²) in [5, 5.41) is 12.1. The number of amides is 1. The lowest BCUT2D eigenvalue weighted by Crippen LogP contribution is -2.40. The van der Waals surface area contributed by atoms with E-state index in [1.165, 1.54) is 30.0 Å². The minimum atomic E-state index is -0.331. The average molecular weight is 299 g/mol. The largest absolute Gasteiger partial charge is 0.394 e. The molecule has 20 heavy (non-hydrogen) atoms. The second-order valence-electron chi connectivity index (χ2n) is 5.97. The van der Waals surface area contributed by atoms with Crippen molar-refractivity contribution in [2.45, 2.75) is 38.1 Å². The van der Waals surface area contributed by atoms with E-state index < -0.39 is 0 Å². The summed E-state index contributed by atoms with van der Waals surface area (Å²) in [5.41, 5.74) is 0.413. The van der Waals surface area contributed by atoms with Crippen molar-refractivity contribution >= 4 is 17.7 Å². The first-order chi connectivity index (χ1) is 9.26. The Morgan fingerprint density at radius 2 is 2.10 bits per heavy atom. The van der Waals surface area contributed by atoms with Crippen LogP contribution in [0.5, 0.6) is 0 Å². The van der Waals surface area contributed by atoms with Gasteiger partial charge >= 0.3 is 0 Å². The van der Waals surface area contributed by atoms with E-state index in [-0.39, 0.29) is 29.8 Å². The predicted molar refractivity (Wildman–Crippen MR) is 80.6 cm³/mol. The van der Waals surface area contributed by atoms with E-state index in [0.717, 1.165) is 0 Å². The zero-order valence-electron chi connectivity index (χ0n) is 12.4. The van der Waals surface area contributed by atoms with Crippen molar-refractivity contribution in [2.24, 2.45) is 5.41 Å². The number of benzene rings is 1. The Morgan fingerprint density at radius 3 is 2.60 bits per heavy atom. The molecule has 5 heteroatoms. The van der Waals surface area contributed by atoms with E-state index in [1.807, 2.05) is 20.8 Å². The van der Waals surface area contributed by atoms with Crippen molar-refractivity contribution in [2.75, 3.05) is 12.9 Å². The van der Waals surface area contributed by atoms with Crippen LogP contribution in [0.1, 0.15) is 37.6 Å². The zero-order chi connectivity index (χ0) is 15.3. The minimum absolute atomic E-state index is 0.00784. The molecule has 0 aliphatic heterocycles. The fraction of sp³-hybridized carbons (Fsp3) is 0.533. The van der Waals surface area contributed by atoms with Crippen molar-refractivity contribution in [3.05, 3.63) is 29.6 Å². The quantitative estimate of drug-likeness (QED) is 0.822. The third-order valence-electron chi connectivity index (χ3n) is 2.83. The Kier molecular flexibility index (Phi) is 6.02. The van der Waals surface area contributed by atoms with Gasteiger partial charge in [-0.25, -0.2) is 4.39 Å². The van der Waals surface area contributed by atoms with E-state index in [1.54, 1.807) is 6.26 Å². The molecule has 1 amide bonds. The van der Waals surface area contributed by atoms with Crippen molar-refractivity contribution in [3.63, 3.8) is 0 Å². The standard InChI is InChI=1S/C15H22FNO2S/c1-15(2,3)8-11(9-18)17-14(19)10-5-6-12(16)13(7-10)20-4/h5-7,11,18H,8-9H2,1-4H3,(H,17,19). The smallest absolute Gasteiger partial charge is 0.251 e. The van der Waals surface area contributed by atoms with Gasteiger partial charge in [-0.1, -0.05) is 20.8 Å². The molecular weight excluding hydrogens is 277 g/mol. The van der Waals surface area contributed by atoms with Gasteiger partial charge in [0.2, 0.25) is 0 Å². The van der Waals surface area contributed by atoms with Crippen LogP contribution >= 0.6 is 11.8 Å². The molecule has 1 aromatic rings. The molecule has 0 radical (unpaired) electrons. The summed E-state index contributed by atoms with van der Waals surface area (Å²) in [4.78, 5) is 12.6.